The molecule has 0 saturated carbocycles. The fourth-order valence-corrected chi connectivity index (χ4v) is 2.08. The summed E-state index contributed by atoms with van der Waals surface area (Å²) in [5.41, 5.74) is 10.3. The van der Waals surface area contributed by atoms with E-state index >= 15 is 0 Å². The molecule has 0 radical (unpaired) electrons. The molecular weight excluding hydrogens is 198 g/mol. The first-order valence-corrected chi connectivity index (χ1v) is 5.41. The van der Waals surface area contributed by atoms with Crippen molar-refractivity contribution in [2.45, 2.75) is 13.0 Å². The lowest BCUT2D eigenvalue weighted by molar-refractivity contribution is 0.307. The summed E-state index contributed by atoms with van der Waals surface area (Å²) in [6, 6.07) is 14.3. The van der Waals surface area contributed by atoms with Gasteiger partial charge in [-0.05, 0) is 22.8 Å². The van der Waals surface area contributed by atoms with Crippen LogP contribution in [0, 0.1) is 0 Å². The van der Waals surface area contributed by atoms with Crippen LogP contribution in [0.2, 0.25) is 0 Å². The quantitative estimate of drug-likeness (QED) is 0.680. The third kappa shape index (κ3) is 1.52. The van der Waals surface area contributed by atoms with Crippen LogP contribution in [-0.2, 0) is 13.0 Å². The normalized spacial score (nSPS) is 13.2. The largest absolute Gasteiger partial charge is 0.489 e. The molecule has 3 rings (SSSR count). The van der Waals surface area contributed by atoms with Crippen molar-refractivity contribution >= 4 is 5.69 Å². The van der Waals surface area contributed by atoms with E-state index in [4.69, 9.17) is 10.5 Å². The van der Waals surface area contributed by atoms with Crippen molar-refractivity contribution in [1.29, 1.82) is 0 Å². The number of nitrogen functional groups attached to an aromatic ring is 1. The van der Waals surface area contributed by atoms with E-state index in [1.807, 2.05) is 24.3 Å². The summed E-state index contributed by atoms with van der Waals surface area (Å²) in [4.78, 5) is 0. The summed E-state index contributed by atoms with van der Waals surface area (Å²) in [6.07, 6.45) is 0.922. The molecule has 0 atom stereocenters. The second-order valence-electron chi connectivity index (χ2n) is 4.10. The van der Waals surface area contributed by atoms with Gasteiger partial charge < -0.3 is 10.5 Å². The topological polar surface area (TPSA) is 35.2 Å². The number of fused-ring (bicyclic) bond motifs is 2. The predicted octanol–water partition coefficient (Wildman–Crippen LogP) is 2.75. The van der Waals surface area contributed by atoms with Gasteiger partial charge in [0.1, 0.15) is 12.4 Å². The molecule has 2 aromatic carbocycles. The van der Waals surface area contributed by atoms with E-state index < -0.39 is 0 Å². The van der Waals surface area contributed by atoms with Crippen LogP contribution >= 0.6 is 0 Å². The van der Waals surface area contributed by atoms with Crippen molar-refractivity contribution in [3.8, 4) is 5.75 Å². The van der Waals surface area contributed by atoms with E-state index in [1.54, 1.807) is 0 Å². The lowest BCUT2D eigenvalue weighted by Gasteiger charge is -2.07. The van der Waals surface area contributed by atoms with Crippen LogP contribution in [0.5, 0.6) is 5.75 Å². The lowest BCUT2D eigenvalue weighted by Crippen LogP contribution is -1.95. The maximum atomic E-state index is 5.78. The number of anilines is 1. The molecule has 0 bridgehead atoms. The van der Waals surface area contributed by atoms with Gasteiger partial charge in [-0.2, -0.15) is 0 Å². The summed E-state index contributed by atoms with van der Waals surface area (Å²) >= 11 is 0. The average molecular weight is 211 g/mol. The summed E-state index contributed by atoms with van der Waals surface area (Å²) in [5.74, 6) is 0.913. The molecule has 1 heterocycles. The molecular formula is C14H13NO. The van der Waals surface area contributed by atoms with E-state index in [0.29, 0.717) is 6.61 Å². The van der Waals surface area contributed by atoms with Gasteiger partial charge >= 0.3 is 0 Å². The average Bonchev–Trinajstić information content (AvgIpc) is 2.48. The van der Waals surface area contributed by atoms with E-state index in [1.165, 1.54) is 16.7 Å². The predicted molar refractivity (Wildman–Crippen MR) is 64.4 cm³/mol. The van der Waals surface area contributed by atoms with Crippen LogP contribution in [0.3, 0.4) is 0 Å². The molecule has 2 aromatic rings. The van der Waals surface area contributed by atoms with Crippen molar-refractivity contribution in [2.24, 2.45) is 0 Å². The Morgan fingerprint density at radius 2 is 1.75 bits per heavy atom. The van der Waals surface area contributed by atoms with Crippen molar-refractivity contribution in [2.75, 3.05) is 5.73 Å². The number of rotatable bonds is 0. The zero-order valence-corrected chi connectivity index (χ0v) is 8.94. The van der Waals surface area contributed by atoms with E-state index in [9.17, 15) is 0 Å². The Labute approximate surface area is 94.7 Å². The third-order valence-corrected chi connectivity index (χ3v) is 2.97. The van der Waals surface area contributed by atoms with Crippen molar-refractivity contribution in [3.63, 3.8) is 0 Å². The van der Waals surface area contributed by atoms with Gasteiger partial charge in [0.2, 0.25) is 0 Å². The van der Waals surface area contributed by atoms with Gasteiger partial charge in [0.05, 0.1) is 0 Å². The number of ether oxygens (including phenoxy) is 1. The number of hydrogen-bond acceptors (Lipinski definition) is 2. The second-order valence-corrected chi connectivity index (χ2v) is 4.10. The van der Waals surface area contributed by atoms with Crippen LogP contribution in [0.25, 0.3) is 0 Å². The molecule has 2 nitrogen and oxygen atoms in total. The lowest BCUT2D eigenvalue weighted by atomic mass is 10.0. The minimum Gasteiger partial charge on any atom is -0.489 e. The first-order chi connectivity index (χ1) is 7.83. The molecule has 0 saturated heterocycles. The third-order valence-electron chi connectivity index (χ3n) is 2.97. The maximum Gasteiger partial charge on any atom is 0.125 e. The highest BCUT2D eigenvalue weighted by atomic mass is 16.5. The monoisotopic (exact) mass is 211 g/mol. The summed E-state index contributed by atoms with van der Waals surface area (Å²) in [7, 11) is 0. The summed E-state index contributed by atoms with van der Waals surface area (Å²) in [6.45, 7) is 0.632. The van der Waals surface area contributed by atoms with Gasteiger partial charge in [0.25, 0.3) is 0 Å². The zero-order valence-electron chi connectivity index (χ0n) is 8.94. The van der Waals surface area contributed by atoms with Crippen LogP contribution < -0.4 is 10.5 Å². The molecule has 0 aromatic heterocycles. The molecule has 16 heavy (non-hydrogen) atoms. The Balaban J connectivity index is 2.08. The fourth-order valence-electron chi connectivity index (χ4n) is 2.08. The molecule has 0 aliphatic carbocycles. The number of hydrogen-bond donors (Lipinski definition) is 1. The fraction of sp³-hybridized carbons (Fsp3) is 0.143. The highest BCUT2D eigenvalue weighted by molar-refractivity contribution is 5.51. The Morgan fingerprint density at radius 3 is 2.62 bits per heavy atom. The molecule has 1 aliphatic heterocycles. The van der Waals surface area contributed by atoms with Gasteiger partial charge in [0, 0.05) is 18.2 Å². The smallest absolute Gasteiger partial charge is 0.125 e. The molecule has 0 amide bonds. The molecule has 1 aliphatic rings. The number of benzene rings is 2. The first-order valence-electron chi connectivity index (χ1n) is 5.41. The Morgan fingerprint density at radius 1 is 0.938 bits per heavy atom. The van der Waals surface area contributed by atoms with E-state index in [2.05, 4.69) is 18.2 Å². The van der Waals surface area contributed by atoms with Crippen LogP contribution in [0.15, 0.2) is 42.5 Å². The van der Waals surface area contributed by atoms with E-state index in [0.717, 1.165) is 17.9 Å². The van der Waals surface area contributed by atoms with Gasteiger partial charge in [-0.3, -0.25) is 0 Å². The second kappa shape index (κ2) is 3.56. The molecule has 80 valence electrons. The Hall–Kier alpha value is -1.96. The minimum atomic E-state index is 0.632. The Kier molecular flexibility index (Phi) is 2.07. The summed E-state index contributed by atoms with van der Waals surface area (Å²) in [5, 5.41) is 0. The number of nitrogens with two attached hydrogens (primary N) is 1. The van der Waals surface area contributed by atoms with Crippen molar-refractivity contribution < 1.29 is 4.74 Å². The Bertz CT molecular complexity index is 534. The molecule has 0 unspecified atom stereocenters. The van der Waals surface area contributed by atoms with Gasteiger partial charge in [-0.1, -0.05) is 30.3 Å². The summed E-state index contributed by atoms with van der Waals surface area (Å²) < 4.78 is 5.78. The van der Waals surface area contributed by atoms with Crippen molar-refractivity contribution in [1.82, 2.24) is 0 Å². The van der Waals surface area contributed by atoms with Crippen LogP contribution in [0.1, 0.15) is 16.7 Å². The molecule has 0 spiro atoms. The molecule has 2 heteroatoms. The van der Waals surface area contributed by atoms with Gasteiger partial charge in [-0.15, -0.1) is 0 Å². The SMILES string of the molecule is Nc1ccc2c(c1)OCc1ccccc1C2. The highest BCUT2D eigenvalue weighted by Gasteiger charge is 2.13. The van der Waals surface area contributed by atoms with Crippen molar-refractivity contribution in [3.05, 3.63) is 59.2 Å². The standard InChI is InChI=1S/C14H13NO/c15-13-6-5-11-7-10-3-1-2-4-12(10)9-16-14(11)8-13/h1-6,8H,7,9,15H2. The van der Waals surface area contributed by atoms with E-state index in [-0.39, 0.29) is 0 Å². The van der Waals surface area contributed by atoms with Gasteiger partial charge in [-0.25, -0.2) is 0 Å². The highest BCUT2D eigenvalue weighted by Crippen LogP contribution is 2.29. The van der Waals surface area contributed by atoms with Crippen LogP contribution in [-0.4, -0.2) is 0 Å². The van der Waals surface area contributed by atoms with Gasteiger partial charge in [0.15, 0.2) is 0 Å². The zero-order chi connectivity index (χ0) is 11.0. The molecule has 2 N–H and O–H groups in total. The maximum absolute atomic E-state index is 5.78. The first kappa shape index (κ1) is 9.28. The van der Waals surface area contributed by atoms with Crippen LogP contribution in [0.4, 0.5) is 5.69 Å². The minimum absolute atomic E-state index is 0.632. The molecule has 0 fully saturated rings.